The van der Waals surface area contributed by atoms with Crippen molar-refractivity contribution in [1.29, 1.82) is 0 Å². The second kappa shape index (κ2) is 7.01. The molecule has 0 saturated heterocycles. The summed E-state index contributed by atoms with van der Waals surface area (Å²) in [6.07, 6.45) is 4.60. The molecule has 120 valence electrons. The van der Waals surface area contributed by atoms with E-state index in [-0.39, 0.29) is 5.56 Å². The molecule has 0 aliphatic carbocycles. The first-order valence-corrected chi connectivity index (χ1v) is 8.14. The first-order chi connectivity index (χ1) is 11.6. The number of pyridine rings is 2. The van der Waals surface area contributed by atoms with E-state index in [0.717, 1.165) is 5.56 Å². The van der Waals surface area contributed by atoms with Crippen molar-refractivity contribution < 1.29 is 9.00 Å². The zero-order valence-electron chi connectivity index (χ0n) is 12.5. The maximum Gasteiger partial charge on any atom is 0.255 e. The van der Waals surface area contributed by atoms with Crippen molar-refractivity contribution in [3.63, 3.8) is 0 Å². The van der Waals surface area contributed by atoms with Crippen LogP contribution in [0.1, 0.15) is 10.4 Å². The summed E-state index contributed by atoms with van der Waals surface area (Å²) in [4.78, 5) is 20.8. The van der Waals surface area contributed by atoms with Gasteiger partial charge >= 0.3 is 0 Å². The summed E-state index contributed by atoms with van der Waals surface area (Å²) in [6.45, 7) is 0. The smallest absolute Gasteiger partial charge is 0.255 e. The summed E-state index contributed by atoms with van der Waals surface area (Å²) in [5.74, 6) is -0.179. The average molecular weight is 337 g/mol. The molecule has 0 unspecified atom stereocenters. The van der Waals surface area contributed by atoms with Gasteiger partial charge in [-0.2, -0.15) is 10.6 Å². The normalized spacial score (nSPS) is 12.0. The summed E-state index contributed by atoms with van der Waals surface area (Å²) >= 11 is 0. The molecule has 0 aliphatic heterocycles. The lowest BCUT2D eigenvalue weighted by atomic mass is 10.1. The minimum absolute atomic E-state index is 0.258. The molecule has 24 heavy (non-hydrogen) atoms. The van der Waals surface area contributed by atoms with Gasteiger partial charge in [-0.25, -0.2) is 4.98 Å². The Morgan fingerprint density at radius 2 is 1.79 bits per heavy atom. The van der Waals surface area contributed by atoms with E-state index in [4.69, 9.17) is 5.73 Å². The van der Waals surface area contributed by atoms with E-state index in [1.165, 1.54) is 6.20 Å². The number of aromatic nitrogens is 2. The largest absolute Gasteiger partial charge is 0.440 e. The van der Waals surface area contributed by atoms with Crippen LogP contribution in [0.2, 0.25) is 0 Å². The molecule has 7 heteroatoms. The van der Waals surface area contributed by atoms with Crippen LogP contribution in [0.4, 0.5) is 5.82 Å². The summed E-state index contributed by atoms with van der Waals surface area (Å²) < 4.78 is 15.8. The van der Waals surface area contributed by atoms with E-state index in [1.54, 1.807) is 60.9 Å². The van der Waals surface area contributed by atoms with Gasteiger partial charge in [0.15, 0.2) is 0 Å². The van der Waals surface area contributed by atoms with Gasteiger partial charge in [-0.1, -0.05) is 35.2 Å². The Kier molecular flexibility index (Phi) is 4.62. The fourth-order valence-corrected chi connectivity index (χ4v) is 2.76. The van der Waals surface area contributed by atoms with Gasteiger partial charge in [0, 0.05) is 29.7 Å². The lowest BCUT2D eigenvalue weighted by Crippen LogP contribution is -1.98. The molecule has 0 bridgehead atoms. The minimum atomic E-state index is -1.75. The molecule has 3 aromatic rings. The van der Waals surface area contributed by atoms with E-state index < -0.39 is 16.5 Å². The number of hydrogen-bond donors (Lipinski definition) is 1. The van der Waals surface area contributed by atoms with Crippen LogP contribution in [0.3, 0.4) is 0 Å². The third-order valence-electron chi connectivity index (χ3n) is 3.22. The number of rotatable bonds is 3. The third-order valence-corrected chi connectivity index (χ3v) is 4.22. The zero-order valence-corrected chi connectivity index (χ0v) is 13.3. The Morgan fingerprint density at radius 1 is 1.00 bits per heavy atom. The Labute approximate surface area is 140 Å². The number of amides is 1. The first-order valence-electron chi connectivity index (χ1n) is 7.03. The van der Waals surface area contributed by atoms with E-state index >= 15 is 0 Å². The minimum Gasteiger partial charge on any atom is -0.440 e. The van der Waals surface area contributed by atoms with Crippen molar-refractivity contribution in [2.24, 2.45) is 4.36 Å². The molecular formula is C17H13N4O2S-. The molecule has 2 aromatic heterocycles. The molecule has 0 aliphatic rings. The topological polar surface area (TPSA) is 98.3 Å². The number of nitrogen functional groups attached to an aromatic ring is 1. The molecule has 2 N–H and O–H groups in total. The van der Waals surface area contributed by atoms with Crippen LogP contribution in [-0.4, -0.2) is 15.9 Å². The Balaban J connectivity index is 1.90. The predicted octanol–water partition coefficient (Wildman–Crippen LogP) is 3.07. The highest BCUT2D eigenvalue weighted by Gasteiger charge is 2.05. The maximum absolute atomic E-state index is 12.2. The first kappa shape index (κ1) is 15.8. The van der Waals surface area contributed by atoms with Crippen LogP contribution < -0.4 is 5.73 Å². The number of anilines is 1. The van der Waals surface area contributed by atoms with Crippen LogP contribution >= 0.6 is 0 Å². The number of benzene rings is 1. The van der Waals surface area contributed by atoms with Crippen molar-refractivity contribution in [3.05, 3.63) is 72.7 Å². The molecule has 0 fully saturated rings. The lowest BCUT2D eigenvalue weighted by molar-refractivity contribution is 0.100. The molecule has 0 saturated carbocycles. The summed E-state index contributed by atoms with van der Waals surface area (Å²) in [5.41, 5.74) is 7.30. The average Bonchev–Trinajstić information content (AvgIpc) is 2.63. The lowest BCUT2D eigenvalue weighted by Gasteiger charge is -2.06. The fraction of sp³-hybridized carbons (Fsp3) is 0. The van der Waals surface area contributed by atoms with E-state index in [2.05, 4.69) is 14.3 Å². The zero-order chi connectivity index (χ0) is 16.9. The maximum atomic E-state index is 12.2. The second-order valence-electron chi connectivity index (χ2n) is 4.89. The van der Waals surface area contributed by atoms with E-state index in [9.17, 15) is 9.00 Å². The third kappa shape index (κ3) is 3.64. The van der Waals surface area contributed by atoms with Crippen molar-refractivity contribution >= 4 is 22.3 Å². The van der Waals surface area contributed by atoms with Crippen LogP contribution in [0.25, 0.3) is 11.1 Å². The molecule has 3 rings (SSSR count). The van der Waals surface area contributed by atoms with Crippen molar-refractivity contribution in [3.8, 4) is 11.1 Å². The Hall–Kier alpha value is -3.06. The van der Waals surface area contributed by atoms with Crippen LogP contribution in [0, 0.1) is 0 Å². The van der Waals surface area contributed by atoms with Crippen molar-refractivity contribution in [2.75, 3.05) is 5.73 Å². The molecule has 6 nitrogen and oxygen atoms in total. The van der Waals surface area contributed by atoms with Crippen molar-refractivity contribution in [1.82, 2.24) is 9.97 Å². The van der Waals surface area contributed by atoms with Crippen LogP contribution in [0.15, 0.2) is 76.4 Å². The molecule has 1 aromatic carbocycles. The van der Waals surface area contributed by atoms with E-state index in [0.29, 0.717) is 16.3 Å². The summed E-state index contributed by atoms with van der Waals surface area (Å²) in [6, 6.07) is 13.7. The van der Waals surface area contributed by atoms with Gasteiger partial charge in [0.05, 0.1) is 5.56 Å². The number of nitrogens with zero attached hydrogens (tertiary/aromatic N) is 3. The van der Waals surface area contributed by atoms with Crippen molar-refractivity contribution in [2.45, 2.75) is 4.90 Å². The SMILES string of the molecule is Nc1ccc(-c2cncc(C(=O)N=[S-](=O)c3ccccc3)c2)cn1. The van der Waals surface area contributed by atoms with Gasteiger partial charge in [0.25, 0.3) is 5.91 Å². The predicted molar refractivity (Wildman–Crippen MR) is 91.4 cm³/mol. The quantitative estimate of drug-likeness (QED) is 0.741. The summed E-state index contributed by atoms with van der Waals surface area (Å²) in [7, 11) is -1.75. The number of hydrogen-bond acceptors (Lipinski definition) is 6. The van der Waals surface area contributed by atoms with Gasteiger partial charge in [0.1, 0.15) is 5.82 Å². The van der Waals surface area contributed by atoms with Crippen LogP contribution in [-0.2, 0) is 14.8 Å². The monoisotopic (exact) mass is 337 g/mol. The van der Waals surface area contributed by atoms with Gasteiger partial charge in [-0.05, 0) is 18.2 Å². The highest BCUT2D eigenvalue weighted by molar-refractivity contribution is 7.75. The highest BCUT2D eigenvalue weighted by atomic mass is 32.2. The molecular weight excluding hydrogens is 324 g/mol. The standard InChI is InChI=1S/C17H13N4O2S/c18-16-7-6-12(11-20-16)13-8-14(10-19-9-13)17(22)21-24(23)15-4-2-1-3-5-15/h1-11H,(H2,18,20)/q-1. The van der Waals surface area contributed by atoms with Gasteiger partial charge in [-0.3, -0.25) is 9.78 Å². The molecule has 0 spiro atoms. The van der Waals surface area contributed by atoms with Crippen LogP contribution in [0.5, 0.6) is 0 Å². The highest BCUT2D eigenvalue weighted by Crippen LogP contribution is 2.19. The molecule has 0 atom stereocenters. The van der Waals surface area contributed by atoms with E-state index in [1.807, 2.05) is 0 Å². The summed E-state index contributed by atoms with van der Waals surface area (Å²) in [5, 5.41) is 0. The molecule has 2 heterocycles. The second-order valence-corrected chi connectivity index (χ2v) is 6.04. The Morgan fingerprint density at radius 3 is 2.50 bits per heavy atom. The number of nitrogens with two attached hydrogens (primary N) is 1. The van der Waals surface area contributed by atoms with Gasteiger partial charge in [0.2, 0.25) is 0 Å². The fourth-order valence-electron chi connectivity index (χ4n) is 2.01. The molecule has 0 radical (unpaired) electrons. The van der Waals surface area contributed by atoms with Gasteiger partial charge in [-0.15, -0.1) is 0 Å². The number of carbonyl (C=O) groups excluding carboxylic acids is 1. The molecule has 1 amide bonds. The Bertz CT molecular complexity index is 950. The van der Waals surface area contributed by atoms with Gasteiger partial charge < -0.3 is 14.3 Å². The number of carbonyl (C=O) groups is 1.